The Morgan fingerprint density at radius 1 is 1.10 bits per heavy atom. The van der Waals surface area contributed by atoms with Crippen LogP contribution in [0.2, 0.25) is 0 Å². The molecule has 0 heterocycles. The highest BCUT2D eigenvalue weighted by Crippen LogP contribution is 2.15. The third kappa shape index (κ3) is 5.40. The molecule has 0 saturated carbocycles. The molecule has 0 aliphatic carbocycles. The molecule has 7 nitrogen and oxygen atoms in total. The van der Waals surface area contributed by atoms with Crippen LogP contribution in [0.4, 0.5) is 3.89 Å². The van der Waals surface area contributed by atoms with Crippen LogP contribution in [0, 0.1) is 5.92 Å². The van der Waals surface area contributed by atoms with E-state index in [1.807, 2.05) is 10.3 Å². The molecule has 0 atom stereocenters. The number of benzene rings is 1. The maximum absolute atomic E-state index is 12.7. The van der Waals surface area contributed by atoms with Gasteiger partial charge in [0.15, 0.2) is 0 Å². The lowest BCUT2D eigenvalue weighted by atomic mass is 10.1. The molecule has 0 spiro atoms. The summed E-state index contributed by atoms with van der Waals surface area (Å²) >= 11 is 0. The average molecular weight is 338 g/mol. The molecule has 0 aliphatic heterocycles. The molecule has 0 aromatic heterocycles. The average Bonchev–Trinajstić information content (AvgIpc) is 2.35. The van der Waals surface area contributed by atoms with E-state index in [0.29, 0.717) is 0 Å². The summed E-state index contributed by atoms with van der Waals surface area (Å²) in [6.07, 6.45) is 0.140. The zero-order valence-corrected chi connectivity index (χ0v) is 13.0. The lowest BCUT2D eigenvalue weighted by molar-refractivity contribution is -0.122. The van der Waals surface area contributed by atoms with E-state index in [1.54, 1.807) is 13.8 Å². The first kappa shape index (κ1) is 17.5. The van der Waals surface area contributed by atoms with Gasteiger partial charge in [-0.3, -0.25) is 10.2 Å². The Hall–Kier alpha value is -1.52. The van der Waals surface area contributed by atoms with Crippen LogP contribution >= 0.6 is 0 Å². The predicted octanol–water partition coefficient (Wildman–Crippen LogP) is 0.700. The first-order valence-corrected chi connectivity index (χ1v) is 8.74. The molecule has 118 valence electrons. The van der Waals surface area contributed by atoms with Crippen molar-refractivity contribution < 1.29 is 25.5 Å². The van der Waals surface area contributed by atoms with Crippen molar-refractivity contribution >= 4 is 26.2 Å². The minimum absolute atomic E-state index is 0.0588. The first-order valence-electron chi connectivity index (χ1n) is 5.88. The molecule has 1 amide bonds. The number of rotatable bonds is 6. The Bertz CT molecular complexity index is 711. The van der Waals surface area contributed by atoms with E-state index in [4.69, 9.17) is 0 Å². The molecule has 10 heteroatoms. The minimum Gasteiger partial charge on any atom is -0.278 e. The largest absolute Gasteiger partial charge is 0.332 e. The van der Waals surface area contributed by atoms with Gasteiger partial charge in [0.05, 0.1) is 9.79 Å². The number of halogens is 1. The Morgan fingerprint density at radius 2 is 1.57 bits per heavy atom. The van der Waals surface area contributed by atoms with Gasteiger partial charge in [0.1, 0.15) is 0 Å². The van der Waals surface area contributed by atoms with E-state index in [9.17, 15) is 25.5 Å². The van der Waals surface area contributed by atoms with E-state index in [2.05, 4.69) is 0 Å². The summed E-state index contributed by atoms with van der Waals surface area (Å²) in [5.41, 5.74) is 2.03. The lowest BCUT2D eigenvalue weighted by Gasteiger charge is -2.09. The Labute approximate surface area is 122 Å². The van der Waals surface area contributed by atoms with Crippen molar-refractivity contribution in [2.75, 3.05) is 0 Å². The van der Waals surface area contributed by atoms with Crippen LogP contribution in [-0.4, -0.2) is 22.7 Å². The fourth-order valence-electron chi connectivity index (χ4n) is 1.39. The van der Waals surface area contributed by atoms with Crippen molar-refractivity contribution in [2.24, 2.45) is 5.92 Å². The van der Waals surface area contributed by atoms with Crippen LogP contribution in [0.1, 0.15) is 20.3 Å². The molecule has 1 aromatic rings. The van der Waals surface area contributed by atoms with E-state index < -0.39 is 31.0 Å². The van der Waals surface area contributed by atoms with Gasteiger partial charge in [-0.1, -0.05) is 13.8 Å². The Balaban J connectivity index is 2.82. The monoisotopic (exact) mass is 338 g/mol. The second-order valence-corrected chi connectivity index (χ2v) is 7.69. The molecule has 0 saturated heterocycles. The van der Waals surface area contributed by atoms with Crippen LogP contribution in [0.5, 0.6) is 0 Å². The van der Waals surface area contributed by atoms with Crippen LogP contribution in [-0.2, 0) is 25.0 Å². The first-order chi connectivity index (χ1) is 9.52. The topological polar surface area (TPSA) is 109 Å². The van der Waals surface area contributed by atoms with Crippen molar-refractivity contribution in [3.63, 3.8) is 0 Å². The van der Waals surface area contributed by atoms with Crippen LogP contribution in [0.3, 0.4) is 0 Å². The zero-order chi connectivity index (χ0) is 16.3. The van der Waals surface area contributed by atoms with Gasteiger partial charge in [-0.2, -0.15) is 8.42 Å². The molecule has 0 aliphatic rings. The second kappa shape index (κ2) is 6.50. The van der Waals surface area contributed by atoms with Crippen molar-refractivity contribution in [3.8, 4) is 0 Å². The van der Waals surface area contributed by atoms with Gasteiger partial charge in [0.2, 0.25) is 5.91 Å². The summed E-state index contributed by atoms with van der Waals surface area (Å²) in [7, 11) is -8.94. The highest BCUT2D eigenvalue weighted by Gasteiger charge is 2.18. The number of nitrogens with one attached hydrogen (secondary N) is 2. The second-order valence-electron chi connectivity index (χ2n) is 4.66. The molecular formula is C11H15FN2O5S2. The molecular weight excluding hydrogens is 323 g/mol. The number of hydrazine groups is 1. The van der Waals surface area contributed by atoms with Crippen molar-refractivity contribution in [1.29, 1.82) is 0 Å². The summed E-state index contributed by atoms with van der Waals surface area (Å²) in [4.78, 5) is 12.3. The van der Waals surface area contributed by atoms with Crippen LogP contribution < -0.4 is 10.3 Å². The van der Waals surface area contributed by atoms with Crippen molar-refractivity contribution in [2.45, 2.75) is 30.1 Å². The van der Waals surface area contributed by atoms with E-state index in [0.717, 1.165) is 24.3 Å². The number of amides is 1. The smallest absolute Gasteiger partial charge is 0.278 e. The van der Waals surface area contributed by atoms with Gasteiger partial charge in [-0.25, -0.2) is 8.42 Å². The highest BCUT2D eigenvalue weighted by molar-refractivity contribution is 7.89. The zero-order valence-electron chi connectivity index (χ0n) is 11.3. The maximum Gasteiger partial charge on any atom is 0.332 e. The number of hydrogen-bond acceptors (Lipinski definition) is 5. The fraction of sp³-hybridized carbons (Fsp3) is 0.364. The third-order valence-corrected chi connectivity index (χ3v) is 4.43. The van der Waals surface area contributed by atoms with E-state index in [1.165, 1.54) is 0 Å². The van der Waals surface area contributed by atoms with Gasteiger partial charge >= 0.3 is 10.2 Å². The van der Waals surface area contributed by atoms with Gasteiger partial charge in [-0.15, -0.1) is 8.72 Å². The minimum atomic E-state index is -4.89. The van der Waals surface area contributed by atoms with Gasteiger partial charge < -0.3 is 0 Å². The van der Waals surface area contributed by atoms with E-state index in [-0.39, 0.29) is 17.2 Å². The SMILES string of the molecule is CC(C)CC(=O)NNS(=O)(=O)c1ccc(S(=O)(=O)F)cc1. The summed E-state index contributed by atoms with van der Waals surface area (Å²) in [5.74, 6) is -0.444. The van der Waals surface area contributed by atoms with Crippen LogP contribution in [0.25, 0.3) is 0 Å². The molecule has 0 radical (unpaired) electrons. The number of hydrogen-bond donors (Lipinski definition) is 2. The summed E-state index contributed by atoms with van der Waals surface area (Å²) in [6.45, 7) is 3.59. The number of sulfonamides is 1. The quantitative estimate of drug-likeness (QED) is 0.586. The normalized spacial score (nSPS) is 12.4. The van der Waals surface area contributed by atoms with Gasteiger partial charge in [0.25, 0.3) is 10.0 Å². The summed E-state index contributed by atoms with van der Waals surface area (Å²) in [6, 6.07) is 3.48. The summed E-state index contributed by atoms with van der Waals surface area (Å²) < 4.78 is 57.5. The fourth-order valence-corrected chi connectivity index (χ4v) is 2.71. The van der Waals surface area contributed by atoms with Crippen molar-refractivity contribution in [1.82, 2.24) is 10.3 Å². The van der Waals surface area contributed by atoms with Crippen molar-refractivity contribution in [3.05, 3.63) is 24.3 Å². The van der Waals surface area contributed by atoms with Crippen LogP contribution in [0.15, 0.2) is 34.1 Å². The molecule has 0 fully saturated rings. The maximum atomic E-state index is 12.7. The number of carbonyl (C=O) groups is 1. The molecule has 21 heavy (non-hydrogen) atoms. The number of carbonyl (C=O) groups excluding carboxylic acids is 1. The van der Waals surface area contributed by atoms with Gasteiger partial charge in [-0.05, 0) is 30.2 Å². The standard InChI is InChI=1S/C11H15FN2O5S2/c1-8(2)7-11(15)13-14-21(18,19)10-5-3-9(4-6-10)20(12,16)17/h3-6,8,14H,7H2,1-2H3,(H,13,15). The lowest BCUT2D eigenvalue weighted by Crippen LogP contribution is -2.41. The molecule has 0 unspecified atom stereocenters. The predicted molar refractivity (Wildman–Crippen MR) is 72.7 cm³/mol. The Morgan fingerprint density at radius 3 is 2.00 bits per heavy atom. The third-order valence-electron chi connectivity index (χ3n) is 2.33. The van der Waals surface area contributed by atoms with E-state index >= 15 is 0 Å². The van der Waals surface area contributed by atoms with Gasteiger partial charge in [0, 0.05) is 6.42 Å². The molecule has 0 bridgehead atoms. The molecule has 1 aromatic carbocycles. The molecule has 1 rings (SSSR count). The summed E-state index contributed by atoms with van der Waals surface area (Å²) in [5, 5.41) is 0. The molecule has 2 N–H and O–H groups in total. The highest BCUT2D eigenvalue weighted by atomic mass is 32.3. The Kier molecular flexibility index (Phi) is 5.42.